The first-order chi connectivity index (χ1) is 8.42. The largest absolute Gasteiger partial charge is 0.494 e. The van der Waals surface area contributed by atoms with Crippen LogP contribution in [-0.2, 0) is 14.3 Å². The molecule has 0 radical (unpaired) electrons. The van der Waals surface area contributed by atoms with Crippen LogP contribution in [0.3, 0.4) is 0 Å². The van der Waals surface area contributed by atoms with Gasteiger partial charge in [-0.2, -0.15) is 0 Å². The Morgan fingerprint density at radius 3 is 2.22 bits per heavy atom. The van der Waals surface area contributed by atoms with E-state index in [1.54, 1.807) is 0 Å². The lowest BCUT2D eigenvalue weighted by Gasteiger charge is -2.16. The fourth-order valence-corrected chi connectivity index (χ4v) is 1.72. The molecule has 0 spiro atoms. The van der Waals surface area contributed by atoms with Crippen LogP contribution in [0.1, 0.15) is 16.7 Å². The van der Waals surface area contributed by atoms with Gasteiger partial charge in [-0.3, -0.25) is 4.79 Å². The first kappa shape index (κ1) is 14.0. The number of rotatable bonds is 2. The normalized spacial score (nSPS) is 9.83. The molecule has 5 nitrogen and oxygen atoms in total. The molecule has 0 atom stereocenters. The minimum Gasteiger partial charge on any atom is -0.494 e. The molecule has 1 N–H and O–H groups in total. The lowest BCUT2D eigenvalue weighted by atomic mass is 10.0. The molecule has 0 unspecified atom stereocenters. The second-order valence-corrected chi connectivity index (χ2v) is 3.99. The molecule has 1 aromatic rings. The summed E-state index contributed by atoms with van der Waals surface area (Å²) in [6.07, 6.45) is 0. The Bertz CT molecular complexity index is 494. The van der Waals surface area contributed by atoms with E-state index in [9.17, 15) is 9.59 Å². The number of ether oxygens (including phenoxy) is 2. The smallest absolute Gasteiger partial charge is 0.396 e. The summed E-state index contributed by atoms with van der Waals surface area (Å²) >= 11 is 0. The molecule has 0 bridgehead atoms. The van der Waals surface area contributed by atoms with Crippen LogP contribution in [0.5, 0.6) is 5.75 Å². The predicted molar refractivity (Wildman–Crippen MR) is 67.9 cm³/mol. The van der Waals surface area contributed by atoms with Crippen molar-refractivity contribution in [3.05, 3.63) is 22.8 Å². The lowest BCUT2D eigenvalue weighted by molar-refractivity contribution is -0.150. The van der Waals surface area contributed by atoms with Gasteiger partial charge in [-0.25, -0.2) is 4.79 Å². The van der Waals surface area contributed by atoms with E-state index < -0.39 is 11.9 Å². The van der Waals surface area contributed by atoms with E-state index in [-0.39, 0.29) is 0 Å². The van der Waals surface area contributed by atoms with Crippen LogP contribution in [0.2, 0.25) is 0 Å². The number of esters is 1. The van der Waals surface area contributed by atoms with Crippen molar-refractivity contribution in [3.8, 4) is 5.75 Å². The topological polar surface area (TPSA) is 64.6 Å². The number of anilines is 1. The molecular weight excluding hydrogens is 234 g/mol. The summed E-state index contributed by atoms with van der Waals surface area (Å²) in [7, 11) is 2.68. The number of methoxy groups -OCH3 is 2. The van der Waals surface area contributed by atoms with Crippen LogP contribution < -0.4 is 10.1 Å². The van der Waals surface area contributed by atoms with Crippen LogP contribution >= 0.6 is 0 Å². The predicted octanol–water partition coefficient (Wildman–Crippen LogP) is 1.73. The third kappa shape index (κ3) is 2.61. The first-order valence-electron chi connectivity index (χ1n) is 5.46. The molecule has 1 aromatic carbocycles. The van der Waals surface area contributed by atoms with Gasteiger partial charge >= 0.3 is 11.9 Å². The summed E-state index contributed by atoms with van der Waals surface area (Å²) in [5.41, 5.74) is 3.30. The molecule has 0 saturated carbocycles. The molecular formula is C13H17NO4. The average Bonchev–Trinajstić information content (AvgIpc) is 2.35. The van der Waals surface area contributed by atoms with Crippen molar-refractivity contribution in [2.24, 2.45) is 0 Å². The SMILES string of the molecule is COC(=O)C(=O)Nc1c(C)cc(C)c(C)c1OC. The number of hydrogen-bond acceptors (Lipinski definition) is 4. The minimum absolute atomic E-state index is 0.496. The highest BCUT2D eigenvalue weighted by Gasteiger charge is 2.19. The zero-order valence-corrected chi connectivity index (χ0v) is 11.2. The molecule has 0 aliphatic heterocycles. The summed E-state index contributed by atoms with van der Waals surface area (Å²) in [5, 5.41) is 2.51. The quantitative estimate of drug-likeness (QED) is 0.642. The number of carbonyl (C=O) groups excluding carboxylic acids is 2. The monoisotopic (exact) mass is 251 g/mol. The van der Waals surface area contributed by atoms with Crippen LogP contribution in [0.25, 0.3) is 0 Å². The molecule has 5 heteroatoms. The molecule has 0 aliphatic rings. The third-order valence-corrected chi connectivity index (χ3v) is 2.80. The summed E-state index contributed by atoms with van der Waals surface area (Å²) < 4.78 is 9.64. The zero-order valence-electron chi connectivity index (χ0n) is 11.2. The van der Waals surface area contributed by atoms with Crippen LogP contribution in [-0.4, -0.2) is 26.1 Å². The Morgan fingerprint density at radius 2 is 1.72 bits per heavy atom. The zero-order chi connectivity index (χ0) is 13.9. The summed E-state index contributed by atoms with van der Waals surface area (Å²) in [6.45, 7) is 5.68. The number of nitrogens with one attached hydrogen (secondary N) is 1. The van der Waals surface area contributed by atoms with E-state index in [0.29, 0.717) is 11.4 Å². The fraction of sp³-hybridized carbons (Fsp3) is 0.385. The maximum absolute atomic E-state index is 11.5. The van der Waals surface area contributed by atoms with E-state index in [1.807, 2.05) is 26.8 Å². The average molecular weight is 251 g/mol. The number of hydrogen-bond donors (Lipinski definition) is 1. The molecule has 0 heterocycles. The minimum atomic E-state index is -0.935. The van der Waals surface area contributed by atoms with Crippen molar-refractivity contribution in [2.75, 3.05) is 19.5 Å². The molecule has 1 amide bonds. The maximum Gasteiger partial charge on any atom is 0.396 e. The van der Waals surface area contributed by atoms with Gasteiger partial charge in [0, 0.05) is 0 Å². The number of benzene rings is 1. The Labute approximate surface area is 106 Å². The van der Waals surface area contributed by atoms with Gasteiger partial charge in [0.05, 0.1) is 19.9 Å². The van der Waals surface area contributed by atoms with E-state index >= 15 is 0 Å². The highest BCUT2D eigenvalue weighted by molar-refractivity contribution is 6.37. The molecule has 1 rings (SSSR count). The summed E-state index contributed by atoms with van der Waals surface area (Å²) in [4.78, 5) is 22.6. The second kappa shape index (κ2) is 5.53. The van der Waals surface area contributed by atoms with Gasteiger partial charge in [0.25, 0.3) is 0 Å². The Kier molecular flexibility index (Phi) is 4.31. The van der Waals surface area contributed by atoms with Crippen molar-refractivity contribution in [3.63, 3.8) is 0 Å². The van der Waals surface area contributed by atoms with Crippen LogP contribution in [0.4, 0.5) is 5.69 Å². The Morgan fingerprint density at radius 1 is 1.11 bits per heavy atom. The van der Waals surface area contributed by atoms with Gasteiger partial charge in [-0.1, -0.05) is 6.07 Å². The molecule has 18 heavy (non-hydrogen) atoms. The van der Waals surface area contributed by atoms with Crippen molar-refractivity contribution in [1.29, 1.82) is 0 Å². The summed E-state index contributed by atoms with van der Waals surface area (Å²) in [5.74, 6) is -1.19. The van der Waals surface area contributed by atoms with Crippen molar-refractivity contribution in [1.82, 2.24) is 0 Å². The van der Waals surface area contributed by atoms with Crippen LogP contribution in [0, 0.1) is 20.8 Å². The molecule has 98 valence electrons. The Balaban J connectivity index is 3.20. The molecule has 0 saturated heterocycles. The van der Waals surface area contributed by atoms with E-state index in [1.165, 1.54) is 7.11 Å². The summed E-state index contributed by atoms with van der Waals surface area (Å²) in [6, 6.07) is 1.92. The number of carbonyl (C=O) groups is 2. The van der Waals surface area contributed by atoms with Gasteiger partial charge in [-0.15, -0.1) is 0 Å². The highest BCUT2D eigenvalue weighted by atomic mass is 16.5. The van der Waals surface area contributed by atoms with Gasteiger partial charge in [-0.05, 0) is 37.5 Å². The molecule has 0 fully saturated rings. The van der Waals surface area contributed by atoms with E-state index in [2.05, 4.69) is 10.1 Å². The van der Waals surface area contributed by atoms with Gasteiger partial charge < -0.3 is 14.8 Å². The fourth-order valence-electron chi connectivity index (χ4n) is 1.72. The lowest BCUT2D eigenvalue weighted by Crippen LogP contribution is -2.24. The van der Waals surface area contributed by atoms with E-state index in [4.69, 9.17) is 4.74 Å². The Hall–Kier alpha value is -2.04. The standard InChI is InChI=1S/C13H17NO4/c1-7-6-8(2)10(11(17-4)9(7)3)14-12(15)13(16)18-5/h6H,1-5H3,(H,14,15). The van der Waals surface area contributed by atoms with Gasteiger partial charge in [0.2, 0.25) is 0 Å². The van der Waals surface area contributed by atoms with Gasteiger partial charge in [0.1, 0.15) is 5.75 Å². The van der Waals surface area contributed by atoms with E-state index in [0.717, 1.165) is 23.8 Å². The van der Waals surface area contributed by atoms with Crippen molar-refractivity contribution < 1.29 is 19.1 Å². The maximum atomic E-state index is 11.5. The van der Waals surface area contributed by atoms with Crippen molar-refractivity contribution in [2.45, 2.75) is 20.8 Å². The second-order valence-electron chi connectivity index (χ2n) is 3.99. The number of amides is 1. The first-order valence-corrected chi connectivity index (χ1v) is 5.46. The third-order valence-electron chi connectivity index (χ3n) is 2.80. The van der Waals surface area contributed by atoms with Crippen molar-refractivity contribution >= 4 is 17.6 Å². The molecule has 0 aliphatic carbocycles. The van der Waals surface area contributed by atoms with Crippen LogP contribution in [0.15, 0.2) is 6.07 Å². The molecule has 0 aromatic heterocycles. The highest BCUT2D eigenvalue weighted by Crippen LogP contribution is 2.34. The van der Waals surface area contributed by atoms with Gasteiger partial charge in [0.15, 0.2) is 0 Å². The number of aryl methyl sites for hydroxylation is 2.